The van der Waals surface area contributed by atoms with Crippen molar-refractivity contribution >= 4 is 11.6 Å². The highest BCUT2D eigenvalue weighted by atomic mass is 16.1. The SMILES string of the molecule is CNC(=O)Cc1ccc(NCC2CCC2)cc1. The van der Waals surface area contributed by atoms with Gasteiger partial charge in [-0.3, -0.25) is 4.79 Å². The molecule has 0 unspecified atom stereocenters. The Bertz CT molecular complexity index is 368. The standard InChI is InChI=1S/C14H20N2O/c1-15-14(17)9-11-5-7-13(8-6-11)16-10-12-3-2-4-12/h5-8,12,16H,2-4,9-10H2,1H3,(H,15,17). The molecular formula is C14H20N2O. The summed E-state index contributed by atoms with van der Waals surface area (Å²) in [6.07, 6.45) is 4.57. The van der Waals surface area contributed by atoms with Crippen LogP contribution < -0.4 is 10.6 Å². The van der Waals surface area contributed by atoms with Crippen LogP contribution in [0.15, 0.2) is 24.3 Å². The van der Waals surface area contributed by atoms with Crippen molar-refractivity contribution < 1.29 is 4.79 Å². The van der Waals surface area contributed by atoms with Crippen molar-refractivity contribution in [3.63, 3.8) is 0 Å². The molecule has 17 heavy (non-hydrogen) atoms. The zero-order valence-corrected chi connectivity index (χ0v) is 10.3. The lowest BCUT2D eigenvalue weighted by Crippen LogP contribution is -2.21. The molecule has 0 bridgehead atoms. The van der Waals surface area contributed by atoms with E-state index >= 15 is 0 Å². The fraction of sp³-hybridized carbons (Fsp3) is 0.500. The van der Waals surface area contributed by atoms with Crippen LogP contribution in [0.5, 0.6) is 0 Å². The largest absolute Gasteiger partial charge is 0.385 e. The average molecular weight is 232 g/mol. The predicted molar refractivity (Wildman–Crippen MR) is 70.0 cm³/mol. The van der Waals surface area contributed by atoms with Crippen LogP contribution in [0.3, 0.4) is 0 Å². The number of benzene rings is 1. The van der Waals surface area contributed by atoms with Gasteiger partial charge < -0.3 is 10.6 Å². The van der Waals surface area contributed by atoms with E-state index in [1.807, 2.05) is 12.1 Å². The molecule has 1 aliphatic rings. The quantitative estimate of drug-likeness (QED) is 0.817. The molecule has 0 radical (unpaired) electrons. The van der Waals surface area contributed by atoms with Gasteiger partial charge in [-0.05, 0) is 36.5 Å². The summed E-state index contributed by atoms with van der Waals surface area (Å²) in [7, 11) is 1.66. The molecule has 0 atom stereocenters. The van der Waals surface area contributed by atoms with Crippen LogP contribution in [0.25, 0.3) is 0 Å². The van der Waals surface area contributed by atoms with Crippen molar-refractivity contribution in [2.45, 2.75) is 25.7 Å². The first-order valence-corrected chi connectivity index (χ1v) is 6.31. The lowest BCUT2D eigenvalue weighted by molar-refractivity contribution is -0.119. The molecule has 0 heterocycles. The van der Waals surface area contributed by atoms with Crippen LogP contribution in [-0.2, 0) is 11.2 Å². The third kappa shape index (κ3) is 3.48. The van der Waals surface area contributed by atoms with Gasteiger partial charge in [-0.25, -0.2) is 0 Å². The summed E-state index contributed by atoms with van der Waals surface area (Å²) in [5.74, 6) is 0.917. The molecule has 2 rings (SSSR count). The van der Waals surface area contributed by atoms with Gasteiger partial charge in [-0.2, -0.15) is 0 Å². The Kier molecular flexibility index (Phi) is 4.02. The van der Waals surface area contributed by atoms with Gasteiger partial charge in [0.1, 0.15) is 0 Å². The average Bonchev–Trinajstić information content (AvgIpc) is 2.29. The minimum Gasteiger partial charge on any atom is -0.385 e. The Morgan fingerprint density at radius 2 is 2.00 bits per heavy atom. The predicted octanol–water partition coefficient (Wildman–Crippen LogP) is 2.19. The van der Waals surface area contributed by atoms with Gasteiger partial charge in [0.05, 0.1) is 6.42 Å². The number of hydrogen-bond donors (Lipinski definition) is 2. The highest BCUT2D eigenvalue weighted by Gasteiger charge is 2.16. The Labute approximate surface area is 103 Å². The van der Waals surface area contributed by atoms with Crippen LogP contribution >= 0.6 is 0 Å². The number of carbonyl (C=O) groups excluding carboxylic acids is 1. The van der Waals surface area contributed by atoms with Crippen molar-refractivity contribution in [2.75, 3.05) is 18.9 Å². The molecule has 1 aliphatic carbocycles. The number of nitrogens with one attached hydrogen (secondary N) is 2. The molecule has 1 fully saturated rings. The van der Waals surface area contributed by atoms with Crippen LogP contribution in [0, 0.1) is 5.92 Å². The maximum atomic E-state index is 11.2. The van der Waals surface area contributed by atoms with Crippen LogP contribution in [0.1, 0.15) is 24.8 Å². The van der Waals surface area contributed by atoms with Crippen molar-refractivity contribution in [2.24, 2.45) is 5.92 Å². The molecule has 0 spiro atoms. The van der Waals surface area contributed by atoms with Gasteiger partial charge in [0, 0.05) is 19.3 Å². The first-order valence-electron chi connectivity index (χ1n) is 6.31. The van der Waals surface area contributed by atoms with E-state index in [0.717, 1.165) is 23.7 Å². The van der Waals surface area contributed by atoms with E-state index < -0.39 is 0 Å². The normalized spacial score (nSPS) is 15.1. The highest BCUT2D eigenvalue weighted by Crippen LogP contribution is 2.26. The van der Waals surface area contributed by atoms with Crippen LogP contribution in [-0.4, -0.2) is 19.5 Å². The summed E-state index contributed by atoms with van der Waals surface area (Å²) >= 11 is 0. The number of carbonyl (C=O) groups is 1. The molecule has 92 valence electrons. The number of rotatable bonds is 5. The van der Waals surface area contributed by atoms with Crippen LogP contribution in [0.2, 0.25) is 0 Å². The maximum absolute atomic E-state index is 11.2. The smallest absolute Gasteiger partial charge is 0.224 e. The topological polar surface area (TPSA) is 41.1 Å². The van der Waals surface area contributed by atoms with Gasteiger partial charge in [-0.1, -0.05) is 18.6 Å². The maximum Gasteiger partial charge on any atom is 0.224 e. The summed E-state index contributed by atoms with van der Waals surface area (Å²) < 4.78 is 0. The number of amides is 1. The van der Waals surface area contributed by atoms with E-state index in [2.05, 4.69) is 22.8 Å². The van der Waals surface area contributed by atoms with Gasteiger partial charge in [0.2, 0.25) is 5.91 Å². The number of likely N-dealkylation sites (N-methyl/N-ethyl adjacent to an activating group) is 1. The van der Waals surface area contributed by atoms with Crippen molar-refractivity contribution in [1.82, 2.24) is 5.32 Å². The molecular weight excluding hydrogens is 212 g/mol. The fourth-order valence-corrected chi connectivity index (χ4v) is 1.97. The van der Waals surface area contributed by atoms with Gasteiger partial charge in [0.15, 0.2) is 0 Å². The van der Waals surface area contributed by atoms with Crippen LogP contribution in [0.4, 0.5) is 5.69 Å². The summed E-state index contributed by atoms with van der Waals surface area (Å²) in [6, 6.07) is 8.13. The first kappa shape index (κ1) is 12.0. The van der Waals surface area contributed by atoms with Crippen molar-refractivity contribution in [1.29, 1.82) is 0 Å². The Morgan fingerprint density at radius 3 is 2.53 bits per heavy atom. The summed E-state index contributed by atoms with van der Waals surface area (Å²) in [6.45, 7) is 1.08. The second-order valence-corrected chi connectivity index (χ2v) is 4.72. The van der Waals surface area contributed by atoms with E-state index in [1.54, 1.807) is 7.05 Å². The lowest BCUT2D eigenvalue weighted by atomic mass is 9.85. The minimum absolute atomic E-state index is 0.0557. The summed E-state index contributed by atoms with van der Waals surface area (Å²) in [5.41, 5.74) is 2.20. The molecule has 0 aromatic heterocycles. The summed E-state index contributed by atoms with van der Waals surface area (Å²) in [4.78, 5) is 11.2. The van der Waals surface area contributed by atoms with E-state index in [1.165, 1.54) is 19.3 Å². The Morgan fingerprint density at radius 1 is 1.29 bits per heavy atom. The summed E-state index contributed by atoms with van der Waals surface area (Å²) in [5, 5.41) is 6.07. The van der Waals surface area contributed by atoms with E-state index in [-0.39, 0.29) is 5.91 Å². The third-order valence-electron chi connectivity index (χ3n) is 3.42. The van der Waals surface area contributed by atoms with Gasteiger partial charge in [-0.15, -0.1) is 0 Å². The minimum atomic E-state index is 0.0557. The van der Waals surface area contributed by atoms with E-state index in [9.17, 15) is 4.79 Å². The van der Waals surface area contributed by atoms with Crippen molar-refractivity contribution in [3.8, 4) is 0 Å². The lowest BCUT2D eigenvalue weighted by Gasteiger charge is -2.25. The molecule has 0 aliphatic heterocycles. The van der Waals surface area contributed by atoms with Gasteiger partial charge >= 0.3 is 0 Å². The van der Waals surface area contributed by atoms with Crippen molar-refractivity contribution in [3.05, 3.63) is 29.8 Å². The molecule has 0 saturated heterocycles. The molecule has 3 nitrogen and oxygen atoms in total. The second kappa shape index (κ2) is 5.71. The molecule has 2 N–H and O–H groups in total. The van der Waals surface area contributed by atoms with E-state index in [4.69, 9.17) is 0 Å². The first-order chi connectivity index (χ1) is 8.28. The zero-order chi connectivity index (χ0) is 12.1. The second-order valence-electron chi connectivity index (χ2n) is 4.72. The zero-order valence-electron chi connectivity index (χ0n) is 10.3. The Hall–Kier alpha value is -1.51. The van der Waals surface area contributed by atoms with E-state index in [0.29, 0.717) is 6.42 Å². The molecule has 1 amide bonds. The fourth-order valence-electron chi connectivity index (χ4n) is 1.97. The molecule has 1 aromatic carbocycles. The molecule has 3 heteroatoms. The monoisotopic (exact) mass is 232 g/mol. The molecule has 1 saturated carbocycles. The number of hydrogen-bond acceptors (Lipinski definition) is 2. The highest BCUT2D eigenvalue weighted by molar-refractivity contribution is 5.78. The number of anilines is 1. The molecule has 1 aromatic rings. The Balaban J connectivity index is 1.81. The third-order valence-corrected chi connectivity index (χ3v) is 3.42. The van der Waals surface area contributed by atoms with Gasteiger partial charge in [0.25, 0.3) is 0 Å².